The van der Waals surface area contributed by atoms with Crippen LogP contribution in [0.5, 0.6) is 0 Å². The molecule has 0 saturated heterocycles. The SMILES string of the molecule is NCCCNC(CO)Cc1ccccc1. The molecule has 1 atom stereocenters. The highest BCUT2D eigenvalue weighted by Crippen LogP contribution is 2.02. The van der Waals surface area contributed by atoms with Gasteiger partial charge in [-0.3, -0.25) is 0 Å². The van der Waals surface area contributed by atoms with Gasteiger partial charge in [0, 0.05) is 6.04 Å². The predicted octanol–water partition coefficient (Wildman–Crippen LogP) is 0.528. The minimum Gasteiger partial charge on any atom is -0.395 e. The number of rotatable bonds is 7. The Morgan fingerprint density at radius 1 is 1.27 bits per heavy atom. The number of hydrogen-bond acceptors (Lipinski definition) is 3. The van der Waals surface area contributed by atoms with Gasteiger partial charge in [0.15, 0.2) is 0 Å². The van der Waals surface area contributed by atoms with Gasteiger partial charge in [0.05, 0.1) is 6.61 Å². The molecule has 0 saturated carbocycles. The first-order valence-corrected chi connectivity index (χ1v) is 5.45. The molecule has 1 unspecified atom stereocenters. The third kappa shape index (κ3) is 4.93. The summed E-state index contributed by atoms with van der Waals surface area (Å²) in [5, 5.41) is 12.5. The molecule has 4 N–H and O–H groups in total. The molecule has 1 rings (SSSR count). The minimum absolute atomic E-state index is 0.138. The summed E-state index contributed by atoms with van der Waals surface area (Å²) < 4.78 is 0. The first kappa shape index (κ1) is 12.2. The normalized spacial score (nSPS) is 12.7. The Hall–Kier alpha value is -0.900. The van der Waals surface area contributed by atoms with E-state index >= 15 is 0 Å². The van der Waals surface area contributed by atoms with Crippen molar-refractivity contribution in [3.63, 3.8) is 0 Å². The molecular formula is C12H20N2O. The van der Waals surface area contributed by atoms with Crippen LogP contribution in [-0.2, 0) is 6.42 Å². The summed E-state index contributed by atoms with van der Waals surface area (Å²) in [6, 6.07) is 10.3. The Morgan fingerprint density at radius 3 is 2.60 bits per heavy atom. The number of hydrogen-bond donors (Lipinski definition) is 3. The van der Waals surface area contributed by atoms with E-state index in [0.29, 0.717) is 6.54 Å². The van der Waals surface area contributed by atoms with Crippen LogP contribution in [0.25, 0.3) is 0 Å². The van der Waals surface area contributed by atoms with Crippen LogP contribution in [-0.4, -0.2) is 30.8 Å². The molecule has 3 heteroatoms. The molecule has 0 amide bonds. The number of aliphatic hydroxyl groups excluding tert-OH is 1. The molecule has 1 aromatic carbocycles. The lowest BCUT2D eigenvalue weighted by molar-refractivity contribution is 0.241. The van der Waals surface area contributed by atoms with Gasteiger partial charge in [-0.15, -0.1) is 0 Å². The van der Waals surface area contributed by atoms with E-state index in [1.165, 1.54) is 5.56 Å². The van der Waals surface area contributed by atoms with Gasteiger partial charge in [-0.05, 0) is 31.5 Å². The standard InChI is InChI=1S/C12H20N2O/c13-7-4-8-14-12(10-15)9-11-5-2-1-3-6-11/h1-3,5-6,12,14-15H,4,7-10,13H2. The van der Waals surface area contributed by atoms with Crippen molar-refractivity contribution in [2.45, 2.75) is 18.9 Å². The van der Waals surface area contributed by atoms with Crippen molar-refractivity contribution < 1.29 is 5.11 Å². The molecule has 0 radical (unpaired) electrons. The molecule has 84 valence electrons. The van der Waals surface area contributed by atoms with Crippen LogP contribution in [0, 0.1) is 0 Å². The van der Waals surface area contributed by atoms with Gasteiger partial charge in [0.1, 0.15) is 0 Å². The van der Waals surface area contributed by atoms with E-state index in [0.717, 1.165) is 19.4 Å². The Morgan fingerprint density at radius 2 is 2.00 bits per heavy atom. The molecular weight excluding hydrogens is 188 g/mol. The van der Waals surface area contributed by atoms with Gasteiger partial charge < -0.3 is 16.2 Å². The second kappa shape index (κ2) is 7.40. The number of nitrogens with two attached hydrogens (primary N) is 1. The molecule has 0 aliphatic carbocycles. The maximum absolute atomic E-state index is 9.19. The van der Waals surface area contributed by atoms with E-state index in [9.17, 15) is 5.11 Å². The smallest absolute Gasteiger partial charge is 0.0587 e. The second-order valence-corrected chi connectivity index (χ2v) is 3.67. The molecule has 3 nitrogen and oxygen atoms in total. The topological polar surface area (TPSA) is 58.3 Å². The number of nitrogens with one attached hydrogen (secondary N) is 1. The Labute approximate surface area is 91.3 Å². The zero-order chi connectivity index (χ0) is 10.9. The first-order valence-electron chi connectivity index (χ1n) is 5.45. The molecule has 0 aliphatic heterocycles. The fourth-order valence-electron chi connectivity index (χ4n) is 1.51. The summed E-state index contributed by atoms with van der Waals surface area (Å²) in [5.41, 5.74) is 6.65. The van der Waals surface area contributed by atoms with Crippen LogP contribution in [0.4, 0.5) is 0 Å². The van der Waals surface area contributed by atoms with Crippen LogP contribution >= 0.6 is 0 Å². The highest BCUT2D eigenvalue weighted by Gasteiger charge is 2.06. The van der Waals surface area contributed by atoms with Crippen molar-refractivity contribution in [3.8, 4) is 0 Å². The van der Waals surface area contributed by atoms with Crippen LogP contribution in [0.3, 0.4) is 0 Å². The minimum atomic E-state index is 0.138. The summed E-state index contributed by atoms with van der Waals surface area (Å²) in [6.07, 6.45) is 1.81. The quantitative estimate of drug-likeness (QED) is 0.573. The summed E-state index contributed by atoms with van der Waals surface area (Å²) >= 11 is 0. The van der Waals surface area contributed by atoms with E-state index in [-0.39, 0.29) is 12.6 Å². The maximum atomic E-state index is 9.19. The van der Waals surface area contributed by atoms with Crippen molar-refractivity contribution >= 4 is 0 Å². The Kier molecular flexibility index (Phi) is 6.00. The van der Waals surface area contributed by atoms with Gasteiger partial charge in [-0.25, -0.2) is 0 Å². The second-order valence-electron chi connectivity index (χ2n) is 3.67. The Bertz CT molecular complexity index is 251. The molecule has 0 aliphatic rings. The van der Waals surface area contributed by atoms with Crippen molar-refractivity contribution in [2.75, 3.05) is 19.7 Å². The van der Waals surface area contributed by atoms with Gasteiger partial charge in [0.2, 0.25) is 0 Å². The Balaban J connectivity index is 2.33. The average Bonchev–Trinajstić information content (AvgIpc) is 2.29. The summed E-state index contributed by atoms with van der Waals surface area (Å²) in [6.45, 7) is 1.73. The number of aliphatic hydroxyl groups is 1. The largest absolute Gasteiger partial charge is 0.395 e. The molecule has 0 aromatic heterocycles. The van der Waals surface area contributed by atoms with Crippen LogP contribution in [0.15, 0.2) is 30.3 Å². The van der Waals surface area contributed by atoms with E-state index in [2.05, 4.69) is 17.4 Å². The van der Waals surface area contributed by atoms with Crippen molar-refractivity contribution in [1.82, 2.24) is 5.32 Å². The first-order chi connectivity index (χ1) is 7.36. The predicted molar refractivity (Wildman–Crippen MR) is 62.7 cm³/mol. The zero-order valence-electron chi connectivity index (χ0n) is 9.02. The van der Waals surface area contributed by atoms with Gasteiger partial charge >= 0.3 is 0 Å². The van der Waals surface area contributed by atoms with Gasteiger partial charge in [0.25, 0.3) is 0 Å². The summed E-state index contributed by atoms with van der Waals surface area (Å²) in [7, 11) is 0. The number of benzene rings is 1. The van der Waals surface area contributed by atoms with Crippen molar-refractivity contribution in [3.05, 3.63) is 35.9 Å². The third-order valence-corrected chi connectivity index (χ3v) is 2.36. The van der Waals surface area contributed by atoms with E-state index in [1.54, 1.807) is 0 Å². The van der Waals surface area contributed by atoms with Crippen LogP contribution in [0.1, 0.15) is 12.0 Å². The summed E-state index contributed by atoms with van der Waals surface area (Å²) in [5.74, 6) is 0. The van der Waals surface area contributed by atoms with Gasteiger partial charge in [-0.1, -0.05) is 30.3 Å². The maximum Gasteiger partial charge on any atom is 0.0587 e. The third-order valence-electron chi connectivity index (χ3n) is 2.36. The van der Waals surface area contributed by atoms with Crippen LogP contribution in [0.2, 0.25) is 0 Å². The van der Waals surface area contributed by atoms with Crippen molar-refractivity contribution in [1.29, 1.82) is 0 Å². The van der Waals surface area contributed by atoms with Crippen molar-refractivity contribution in [2.24, 2.45) is 5.73 Å². The summed E-state index contributed by atoms with van der Waals surface area (Å²) in [4.78, 5) is 0. The zero-order valence-corrected chi connectivity index (χ0v) is 9.02. The highest BCUT2D eigenvalue weighted by atomic mass is 16.3. The van der Waals surface area contributed by atoms with E-state index in [1.807, 2.05) is 18.2 Å². The average molecular weight is 208 g/mol. The fourth-order valence-corrected chi connectivity index (χ4v) is 1.51. The lowest BCUT2D eigenvalue weighted by atomic mass is 10.1. The molecule has 15 heavy (non-hydrogen) atoms. The molecule has 0 heterocycles. The fraction of sp³-hybridized carbons (Fsp3) is 0.500. The van der Waals surface area contributed by atoms with Crippen LogP contribution < -0.4 is 11.1 Å². The van der Waals surface area contributed by atoms with Gasteiger partial charge in [-0.2, -0.15) is 0 Å². The lowest BCUT2D eigenvalue weighted by Crippen LogP contribution is -2.35. The molecule has 0 bridgehead atoms. The molecule has 0 spiro atoms. The van der Waals surface area contributed by atoms with E-state index in [4.69, 9.17) is 5.73 Å². The molecule has 0 fully saturated rings. The molecule has 1 aromatic rings. The monoisotopic (exact) mass is 208 g/mol. The van der Waals surface area contributed by atoms with E-state index < -0.39 is 0 Å². The highest BCUT2D eigenvalue weighted by molar-refractivity contribution is 5.15. The lowest BCUT2D eigenvalue weighted by Gasteiger charge is -2.15.